The highest BCUT2D eigenvalue weighted by molar-refractivity contribution is 6.18. The van der Waals surface area contributed by atoms with Crippen LogP contribution in [-0.4, -0.2) is 30.0 Å². The molecule has 126 valence electrons. The minimum Gasteiger partial charge on any atom is -0.492 e. The van der Waals surface area contributed by atoms with E-state index in [0.717, 1.165) is 18.8 Å². The molecule has 0 saturated heterocycles. The maximum absolute atomic E-state index is 5.96. The van der Waals surface area contributed by atoms with E-state index in [1.165, 1.54) is 11.1 Å². The first-order valence-corrected chi connectivity index (χ1v) is 8.26. The molecule has 2 aromatic rings. The molecule has 0 N–H and O–H groups in total. The summed E-state index contributed by atoms with van der Waals surface area (Å²) in [4.78, 5) is 2.36. The van der Waals surface area contributed by atoms with E-state index < -0.39 is 0 Å². The SMILES string of the molecule is Cc1ccc(OCC(C)N(CCCl)Cc2ccccc2)cc1.Cl. The number of benzene rings is 2. The van der Waals surface area contributed by atoms with Crippen LogP contribution in [0, 0.1) is 6.92 Å². The van der Waals surface area contributed by atoms with Crippen molar-refractivity contribution in [3.8, 4) is 5.75 Å². The summed E-state index contributed by atoms with van der Waals surface area (Å²) in [6.45, 7) is 6.67. The van der Waals surface area contributed by atoms with Gasteiger partial charge >= 0.3 is 0 Å². The molecule has 0 aliphatic heterocycles. The Bertz CT molecular complexity index is 545. The van der Waals surface area contributed by atoms with Gasteiger partial charge in [-0.25, -0.2) is 0 Å². The highest BCUT2D eigenvalue weighted by Crippen LogP contribution is 2.14. The predicted octanol–water partition coefficient (Wildman–Crippen LogP) is 4.93. The summed E-state index contributed by atoms with van der Waals surface area (Å²) in [5.41, 5.74) is 2.54. The lowest BCUT2D eigenvalue weighted by Crippen LogP contribution is -2.38. The van der Waals surface area contributed by atoms with Gasteiger partial charge in [0.15, 0.2) is 0 Å². The summed E-state index contributed by atoms with van der Waals surface area (Å²) in [6.07, 6.45) is 0. The zero-order chi connectivity index (χ0) is 15.8. The molecule has 1 atom stereocenters. The minimum absolute atomic E-state index is 0. The second-order valence-electron chi connectivity index (χ2n) is 5.62. The molecule has 2 nitrogen and oxygen atoms in total. The molecular weight excluding hydrogens is 329 g/mol. The molecule has 0 aliphatic rings. The van der Waals surface area contributed by atoms with E-state index >= 15 is 0 Å². The zero-order valence-electron chi connectivity index (χ0n) is 13.7. The molecule has 4 heteroatoms. The van der Waals surface area contributed by atoms with Gasteiger partial charge in [-0.05, 0) is 31.5 Å². The van der Waals surface area contributed by atoms with Gasteiger partial charge in [0.2, 0.25) is 0 Å². The lowest BCUT2D eigenvalue weighted by molar-refractivity contribution is 0.146. The van der Waals surface area contributed by atoms with Gasteiger partial charge < -0.3 is 4.74 Å². The van der Waals surface area contributed by atoms with Crippen molar-refractivity contribution < 1.29 is 4.74 Å². The average molecular weight is 354 g/mol. The van der Waals surface area contributed by atoms with Crippen LogP contribution in [0.1, 0.15) is 18.1 Å². The highest BCUT2D eigenvalue weighted by Gasteiger charge is 2.14. The first-order valence-electron chi connectivity index (χ1n) is 7.72. The molecule has 0 aromatic heterocycles. The molecule has 0 aliphatic carbocycles. The fourth-order valence-corrected chi connectivity index (χ4v) is 2.56. The third kappa shape index (κ3) is 6.82. The summed E-state index contributed by atoms with van der Waals surface area (Å²) in [6, 6.07) is 19.0. The van der Waals surface area contributed by atoms with Crippen LogP contribution in [-0.2, 0) is 6.54 Å². The topological polar surface area (TPSA) is 12.5 Å². The van der Waals surface area contributed by atoms with E-state index in [-0.39, 0.29) is 12.4 Å². The van der Waals surface area contributed by atoms with E-state index in [9.17, 15) is 0 Å². The van der Waals surface area contributed by atoms with Crippen LogP contribution < -0.4 is 4.74 Å². The Morgan fingerprint density at radius 1 is 1.04 bits per heavy atom. The van der Waals surface area contributed by atoms with Gasteiger partial charge in [0.05, 0.1) is 0 Å². The van der Waals surface area contributed by atoms with Gasteiger partial charge in [0, 0.05) is 25.0 Å². The van der Waals surface area contributed by atoms with Crippen LogP contribution in [0.5, 0.6) is 5.75 Å². The van der Waals surface area contributed by atoms with E-state index in [0.29, 0.717) is 18.5 Å². The Morgan fingerprint density at radius 3 is 2.30 bits per heavy atom. The number of halogens is 2. The number of hydrogen-bond donors (Lipinski definition) is 0. The lowest BCUT2D eigenvalue weighted by atomic mass is 10.2. The smallest absolute Gasteiger partial charge is 0.119 e. The average Bonchev–Trinajstić information content (AvgIpc) is 2.54. The minimum atomic E-state index is 0. The number of aryl methyl sites for hydroxylation is 1. The Morgan fingerprint density at radius 2 is 1.70 bits per heavy atom. The Balaban J connectivity index is 0.00000264. The van der Waals surface area contributed by atoms with Crippen molar-refractivity contribution >= 4 is 24.0 Å². The molecule has 0 saturated carbocycles. The van der Waals surface area contributed by atoms with Crippen LogP contribution in [0.2, 0.25) is 0 Å². The van der Waals surface area contributed by atoms with Crippen LogP contribution in [0.4, 0.5) is 0 Å². The van der Waals surface area contributed by atoms with E-state index in [2.05, 4.69) is 55.1 Å². The van der Waals surface area contributed by atoms with Gasteiger partial charge in [0.1, 0.15) is 12.4 Å². The van der Waals surface area contributed by atoms with Crippen molar-refractivity contribution in [1.29, 1.82) is 0 Å². The molecule has 0 radical (unpaired) electrons. The second kappa shape index (κ2) is 10.5. The Kier molecular flexibility index (Phi) is 9.08. The van der Waals surface area contributed by atoms with Crippen LogP contribution in [0.25, 0.3) is 0 Å². The predicted molar refractivity (Wildman–Crippen MR) is 101 cm³/mol. The fraction of sp³-hybridized carbons (Fsp3) is 0.368. The number of alkyl halides is 1. The lowest BCUT2D eigenvalue weighted by Gasteiger charge is -2.28. The van der Waals surface area contributed by atoms with Crippen molar-refractivity contribution in [2.75, 3.05) is 19.0 Å². The Labute approximate surface area is 150 Å². The zero-order valence-corrected chi connectivity index (χ0v) is 15.3. The second-order valence-corrected chi connectivity index (χ2v) is 6.00. The fourth-order valence-electron chi connectivity index (χ4n) is 2.34. The summed E-state index contributed by atoms with van der Waals surface area (Å²) >= 11 is 5.96. The standard InChI is InChI=1S/C19H24ClNO.ClH/c1-16-8-10-19(11-9-16)22-15-17(2)21(13-12-20)14-18-6-4-3-5-7-18;/h3-11,17H,12-15H2,1-2H3;1H. The monoisotopic (exact) mass is 353 g/mol. The van der Waals surface area contributed by atoms with Gasteiger partial charge in [-0.1, -0.05) is 48.0 Å². The molecule has 23 heavy (non-hydrogen) atoms. The van der Waals surface area contributed by atoms with Gasteiger partial charge in [-0.2, -0.15) is 0 Å². The van der Waals surface area contributed by atoms with Crippen molar-refractivity contribution in [1.82, 2.24) is 4.90 Å². The van der Waals surface area contributed by atoms with Crippen LogP contribution >= 0.6 is 24.0 Å². The number of rotatable bonds is 8. The Hall–Kier alpha value is -1.22. The van der Waals surface area contributed by atoms with E-state index in [4.69, 9.17) is 16.3 Å². The van der Waals surface area contributed by atoms with Crippen LogP contribution in [0.3, 0.4) is 0 Å². The number of ether oxygens (including phenoxy) is 1. The number of nitrogens with zero attached hydrogens (tertiary/aromatic N) is 1. The molecule has 0 amide bonds. The molecule has 2 aromatic carbocycles. The summed E-state index contributed by atoms with van der Waals surface area (Å²) < 4.78 is 5.90. The maximum atomic E-state index is 5.96. The first kappa shape index (κ1) is 19.8. The third-order valence-corrected chi connectivity index (χ3v) is 3.90. The molecular formula is C19H25Cl2NO. The molecule has 0 spiro atoms. The van der Waals surface area contributed by atoms with E-state index in [1.807, 2.05) is 18.2 Å². The summed E-state index contributed by atoms with van der Waals surface area (Å²) in [5, 5.41) is 0. The van der Waals surface area contributed by atoms with Crippen molar-refractivity contribution in [2.45, 2.75) is 26.4 Å². The van der Waals surface area contributed by atoms with E-state index in [1.54, 1.807) is 0 Å². The molecule has 2 rings (SSSR count). The summed E-state index contributed by atoms with van der Waals surface area (Å²) in [5.74, 6) is 1.55. The maximum Gasteiger partial charge on any atom is 0.119 e. The van der Waals surface area contributed by atoms with Crippen molar-refractivity contribution in [3.05, 3.63) is 65.7 Å². The van der Waals surface area contributed by atoms with Crippen molar-refractivity contribution in [2.24, 2.45) is 0 Å². The molecule has 0 bridgehead atoms. The molecule has 0 heterocycles. The van der Waals surface area contributed by atoms with Crippen molar-refractivity contribution in [3.63, 3.8) is 0 Å². The highest BCUT2D eigenvalue weighted by atomic mass is 35.5. The summed E-state index contributed by atoms with van der Waals surface area (Å²) in [7, 11) is 0. The van der Waals surface area contributed by atoms with Gasteiger partial charge in [0.25, 0.3) is 0 Å². The largest absolute Gasteiger partial charge is 0.492 e. The molecule has 1 unspecified atom stereocenters. The quantitative estimate of drug-likeness (QED) is 0.624. The number of hydrogen-bond acceptors (Lipinski definition) is 2. The van der Waals surface area contributed by atoms with Gasteiger partial charge in [-0.3, -0.25) is 4.90 Å². The first-order chi connectivity index (χ1) is 10.7. The normalized spacial score (nSPS) is 11.8. The molecule has 0 fully saturated rings. The third-order valence-electron chi connectivity index (χ3n) is 3.74. The van der Waals surface area contributed by atoms with Gasteiger partial charge in [-0.15, -0.1) is 24.0 Å². The van der Waals surface area contributed by atoms with Crippen LogP contribution in [0.15, 0.2) is 54.6 Å².